The fourth-order valence-corrected chi connectivity index (χ4v) is 4.67. The molecule has 2 heterocycles. The highest BCUT2D eigenvalue weighted by atomic mass is 32.2. The van der Waals surface area contributed by atoms with Crippen LogP contribution in [0.4, 0.5) is 5.69 Å². The van der Waals surface area contributed by atoms with Crippen molar-refractivity contribution in [2.75, 3.05) is 5.32 Å². The van der Waals surface area contributed by atoms with Gasteiger partial charge in [-0.3, -0.25) is 9.48 Å². The lowest BCUT2D eigenvalue weighted by atomic mass is 10.1. The van der Waals surface area contributed by atoms with Crippen LogP contribution in [-0.4, -0.2) is 24.1 Å². The standard InChI is InChI=1S/C22H24N4O3S/c1-16(27)25-20-9-5-17(6-10-20)18-7-11-21(12-8-18)30(28,29)24-15-19-14-23-26-13-3-2-4-22(19)26/h5-12,14,24H,2-4,13,15H2,1H3,(H,25,27). The van der Waals surface area contributed by atoms with Gasteiger partial charge in [0.1, 0.15) is 0 Å². The lowest BCUT2D eigenvalue weighted by Crippen LogP contribution is -2.24. The summed E-state index contributed by atoms with van der Waals surface area (Å²) in [6, 6.07) is 14.2. The van der Waals surface area contributed by atoms with E-state index in [0.717, 1.165) is 53.9 Å². The van der Waals surface area contributed by atoms with Crippen molar-refractivity contribution in [2.24, 2.45) is 0 Å². The van der Waals surface area contributed by atoms with Crippen molar-refractivity contribution in [3.63, 3.8) is 0 Å². The van der Waals surface area contributed by atoms with Crippen LogP contribution in [-0.2, 0) is 34.3 Å². The quantitative estimate of drug-likeness (QED) is 0.635. The first-order valence-corrected chi connectivity index (χ1v) is 11.4. The van der Waals surface area contributed by atoms with Crippen LogP contribution >= 0.6 is 0 Å². The zero-order chi connectivity index (χ0) is 21.1. The molecule has 8 heteroatoms. The number of amides is 1. The lowest BCUT2D eigenvalue weighted by Gasteiger charge is -2.15. The van der Waals surface area contributed by atoms with Gasteiger partial charge in [-0.05, 0) is 54.7 Å². The number of hydrogen-bond acceptors (Lipinski definition) is 4. The minimum absolute atomic E-state index is 0.124. The average Bonchev–Trinajstić information content (AvgIpc) is 3.16. The van der Waals surface area contributed by atoms with Crippen LogP contribution in [0.15, 0.2) is 59.6 Å². The first-order valence-electron chi connectivity index (χ1n) is 9.94. The number of sulfonamides is 1. The van der Waals surface area contributed by atoms with Crippen LogP contribution in [0.5, 0.6) is 0 Å². The summed E-state index contributed by atoms with van der Waals surface area (Å²) in [6.45, 7) is 2.60. The summed E-state index contributed by atoms with van der Waals surface area (Å²) in [5.74, 6) is -0.124. The molecule has 0 saturated carbocycles. The van der Waals surface area contributed by atoms with Crippen LogP contribution in [0.25, 0.3) is 11.1 Å². The molecule has 0 spiro atoms. The molecule has 1 aliphatic heterocycles. The summed E-state index contributed by atoms with van der Waals surface area (Å²) in [7, 11) is -3.62. The Morgan fingerprint density at radius 3 is 2.37 bits per heavy atom. The predicted molar refractivity (Wildman–Crippen MR) is 115 cm³/mol. The van der Waals surface area contributed by atoms with Gasteiger partial charge in [-0.2, -0.15) is 5.10 Å². The number of nitrogens with one attached hydrogen (secondary N) is 2. The summed E-state index contributed by atoms with van der Waals surface area (Å²) >= 11 is 0. The van der Waals surface area contributed by atoms with Crippen molar-refractivity contribution in [1.82, 2.24) is 14.5 Å². The predicted octanol–water partition coefficient (Wildman–Crippen LogP) is 3.32. The molecule has 0 bridgehead atoms. The van der Waals surface area contributed by atoms with E-state index in [1.54, 1.807) is 30.5 Å². The van der Waals surface area contributed by atoms with E-state index in [2.05, 4.69) is 15.1 Å². The van der Waals surface area contributed by atoms with Crippen molar-refractivity contribution in [3.8, 4) is 11.1 Å². The van der Waals surface area contributed by atoms with Crippen molar-refractivity contribution < 1.29 is 13.2 Å². The number of aromatic nitrogens is 2. The Hall–Kier alpha value is -2.97. The van der Waals surface area contributed by atoms with Gasteiger partial charge in [-0.25, -0.2) is 13.1 Å². The van der Waals surface area contributed by atoms with Gasteiger partial charge >= 0.3 is 0 Å². The van der Waals surface area contributed by atoms with E-state index in [0.29, 0.717) is 0 Å². The van der Waals surface area contributed by atoms with Crippen molar-refractivity contribution >= 4 is 21.6 Å². The average molecular weight is 425 g/mol. The van der Waals surface area contributed by atoms with Gasteiger partial charge < -0.3 is 5.32 Å². The second-order valence-corrected chi connectivity index (χ2v) is 9.17. The third kappa shape index (κ3) is 4.44. The number of aryl methyl sites for hydroxylation is 1. The molecule has 0 unspecified atom stereocenters. The summed E-state index contributed by atoms with van der Waals surface area (Å²) in [5.41, 5.74) is 4.62. The summed E-state index contributed by atoms with van der Waals surface area (Å²) in [5, 5.41) is 7.08. The molecule has 4 rings (SSSR count). The maximum absolute atomic E-state index is 12.7. The highest BCUT2D eigenvalue weighted by Gasteiger charge is 2.18. The van der Waals surface area contributed by atoms with Crippen LogP contribution < -0.4 is 10.0 Å². The second kappa shape index (κ2) is 8.41. The smallest absolute Gasteiger partial charge is 0.240 e. The van der Waals surface area contributed by atoms with Gasteiger partial charge in [0.2, 0.25) is 15.9 Å². The Kier molecular flexibility index (Phi) is 5.69. The Morgan fingerprint density at radius 2 is 1.70 bits per heavy atom. The van der Waals surface area contributed by atoms with E-state index >= 15 is 0 Å². The van der Waals surface area contributed by atoms with E-state index < -0.39 is 10.0 Å². The van der Waals surface area contributed by atoms with Crippen molar-refractivity contribution in [2.45, 2.75) is 44.2 Å². The minimum Gasteiger partial charge on any atom is -0.326 e. The maximum Gasteiger partial charge on any atom is 0.240 e. The number of carbonyl (C=O) groups is 1. The Labute approximate surface area is 176 Å². The molecule has 1 amide bonds. The molecule has 1 aliphatic rings. The number of anilines is 1. The first kappa shape index (κ1) is 20.3. The number of benzene rings is 2. The molecule has 3 aromatic rings. The van der Waals surface area contributed by atoms with Gasteiger partial charge in [0, 0.05) is 37.0 Å². The van der Waals surface area contributed by atoms with E-state index in [1.165, 1.54) is 6.92 Å². The largest absolute Gasteiger partial charge is 0.326 e. The molecular weight excluding hydrogens is 400 g/mol. The maximum atomic E-state index is 12.7. The molecule has 0 radical (unpaired) electrons. The van der Waals surface area contributed by atoms with E-state index in [1.807, 2.05) is 28.9 Å². The zero-order valence-electron chi connectivity index (χ0n) is 16.8. The van der Waals surface area contributed by atoms with Crippen LogP contribution in [0.1, 0.15) is 31.0 Å². The Bertz CT molecular complexity index is 1150. The van der Waals surface area contributed by atoms with Gasteiger partial charge in [0.25, 0.3) is 0 Å². The Morgan fingerprint density at radius 1 is 1.03 bits per heavy atom. The topological polar surface area (TPSA) is 93.1 Å². The summed E-state index contributed by atoms with van der Waals surface area (Å²) in [4.78, 5) is 11.3. The molecular formula is C22H24N4O3S. The number of carbonyl (C=O) groups excluding carboxylic acids is 1. The van der Waals surface area contributed by atoms with E-state index in [9.17, 15) is 13.2 Å². The molecule has 0 saturated heterocycles. The van der Waals surface area contributed by atoms with Crippen LogP contribution in [0.2, 0.25) is 0 Å². The molecule has 156 valence electrons. The molecule has 2 N–H and O–H groups in total. The molecule has 30 heavy (non-hydrogen) atoms. The molecule has 2 aromatic carbocycles. The van der Waals surface area contributed by atoms with Crippen molar-refractivity contribution in [1.29, 1.82) is 0 Å². The molecule has 0 fully saturated rings. The number of rotatable bonds is 6. The highest BCUT2D eigenvalue weighted by Crippen LogP contribution is 2.24. The van der Waals surface area contributed by atoms with E-state index in [4.69, 9.17) is 0 Å². The van der Waals surface area contributed by atoms with Crippen molar-refractivity contribution in [3.05, 3.63) is 66.0 Å². The van der Waals surface area contributed by atoms with Crippen LogP contribution in [0, 0.1) is 0 Å². The third-order valence-electron chi connectivity index (χ3n) is 5.22. The minimum atomic E-state index is -3.62. The second-order valence-electron chi connectivity index (χ2n) is 7.40. The van der Waals surface area contributed by atoms with Gasteiger partial charge in [0.15, 0.2) is 0 Å². The molecule has 7 nitrogen and oxygen atoms in total. The monoisotopic (exact) mass is 424 g/mol. The number of fused-ring (bicyclic) bond motifs is 1. The van der Waals surface area contributed by atoms with Crippen LogP contribution in [0.3, 0.4) is 0 Å². The number of hydrogen-bond donors (Lipinski definition) is 2. The lowest BCUT2D eigenvalue weighted by molar-refractivity contribution is -0.114. The SMILES string of the molecule is CC(=O)Nc1ccc(-c2ccc(S(=O)(=O)NCc3cnn4c3CCCC4)cc2)cc1. The molecule has 0 atom stereocenters. The molecule has 0 aliphatic carbocycles. The fraction of sp³-hybridized carbons (Fsp3) is 0.273. The Balaban J connectivity index is 1.45. The summed E-state index contributed by atoms with van der Waals surface area (Å²) in [6.07, 6.45) is 4.92. The molecule has 1 aromatic heterocycles. The van der Waals surface area contributed by atoms with Gasteiger partial charge in [0.05, 0.1) is 11.1 Å². The van der Waals surface area contributed by atoms with E-state index in [-0.39, 0.29) is 17.3 Å². The highest BCUT2D eigenvalue weighted by molar-refractivity contribution is 7.89. The first-order chi connectivity index (χ1) is 14.4. The van der Waals surface area contributed by atoms with Gasteiger partial charge in [-0.15, -0.1) is 0 Å². The van der Waals surface area contributed by atoms with Gasteiger partial charge in [-0.1, -0.05) is 24.3 Å². The fourth-order valence-electron chi connectivity index (χ4n) is 3.67. The third-order valence-corrected chi connectivity index (χ3v) is 6.64. The summed E-state index contributed by atoms with van der Waals surface area (Å²) < 4.78 is 30.1. The normalized spacial score (nSPS) is 13.6. The number of nitrogens with zero attached hydrogens (tertiary/aromatic N) is 2. The zero-order valence-corrected chi connectivity index (χ0v) is 17.6.